The zero-order valence-electron chi connectivity index (χ0n) is 13.5. The third kappa shape index (κ3) is 4.46. The Bertz CT molecular complexity index is 395. The minimum atomic E-state index is -0.822. The van der Waals surface area contributed by atoms with Gasteiger partial charge in [0.2, 0.25) is 0 Å². The molecule has 1 atom stereocenters. The number of carboxylic acid groups (broad SMARTS) is 1. The van der Waals surface area contributed by atoms with Crippen molar-refractivity contribution < 1.29 is 14.7 Å². The van der Waals surface area contributed by atoms with E-state index in [1.54, 1.807) is 22.8 Å². The Hall–Kier alpha value is -1.56. The summed E-state index contributed by atoms with van der Waals surface area (Å²) in [6.45, 7) is 14.2. The van der Waals surface area contributed by atoms with E-state index in [0.29, 0.717) is 32.7 Å². The molecule has 1 unspecified atom stereocenters. The molecule has 6 nitrogen and oxygen atoms in total. The number of hydrogen-bond donors (Lipinski definition) is 1. The van der Waals surface area contributed by atoms with Crippen LogP contribution < -0.4 is 0 Å². The lowest BCUT2D eigenvalue weighted by atomic mass is 10.1. The van der Waals surface area contributed by atoms with Crippen LogP contribution in [0, 0.1) is 0 Å². The van der Waals surface area contributed by atoms with Gasteiger partial charge in [-0.25, -0.2) is 4.79 Å². The second kappa shape index (κ2) is 6.93. The third-order valence-corrected chi connectivity index (χ3v) is 3.84. The maximum absolute atomic E-state index is 12.6. The molecule has 21 heavy (non-hydrogen) atoms. The highest BCUT2D eigenvalue weighted by molar-refractivity contribution is 5.76. The zero-order chi connectivity index (χ0) is 16.2. The van der Waals surface area contributed by atoms with Gasteiger partial charge < -0.3 is 14.9 Å². The molecule has 0 saturated carbocycles. The highest BCUT2D eigenvalue weighted by Crippen LogP contribution is 2.17. The van der Waals surface area contributed by atoms with Crippen LogP contribution in [0.4, 0.5) is 4.79 Å². The molecule has 2 amide bonds. The quantitative estimate of drug-likeness (QED) is 0.798. The van der Waals surface area contributed by atoms with E-state index in [0.717, 1.165) is 0 Å². The Morgan fingerprint density at radius 2 is 1.81 bits per heavy atom. The first-order valence-corrected chi connectivity index (χ1v) is 7.32. The largest absolute Gasteiger partial charge is 0.480 e. The van der Waals surface area contributed by atoms with E-state index in [-0.39, 0.29) is 11.6 Å². The van der Waals surface area contributed by atoms with Crippen LogP contribution in [0.5, 0.6) is 0 Å². The number of carboxylic acids is 1. The first-order chi connectivity index (χ1) is 9.68. The minimum absolute atomic E-state index is 0.00923. The van der Waals surface area contributed by atoms with Gasteiger partial charge in [0.05, 0.1) is 0 Å². The summed E-state index contributed by atoms with van der Waals surface area (Å²) in [5, 5.41) is 9.03. The van der Waals surface area contributed by atoms with Crippen LogP contribution in [0.3, 0.4) is 0 Å². The average molecular weight is 297 g/mol. The van der Waals surface area contributed by atoms with E-state index < -0.39 is 12.0 Å². The number of amides is 2. The Labute approximate surface area is 127 Å². The summed E-state index contributed by atoms with van der Waals surface area (Å²) in [4.78, 5) is 29.1. The number of hydrogen-bond acceptors (Lipinski definition) is 3. The van der Waals surface area contributed by atoms with E-state index in [1.165, 1.54) is 0 Å². The third-order valence-electron chi connectivity index (χ3n) is 3.84. The van der Waals surface area contributed by atoms with Crippen molar-refractivity contribution in [3.05, 3.63) is 12.7 Å². The molecule has 1 aliphatic rings. The maximum Gasteiger partial charge on any atom is 0.320 e. The average Bonchev–Trinajstić information content (AvgIpc) is 2.42. The maximum atomic E-state index is 12.6. The topological polar surface area (TPSA) is 64.1 Å². The molecule has 1 rings (SSSR count). The van der Waals surface area contributed by atoms with Crippen molar-refractivity contribution in [3.8, 4) is 0 Å². The van der Waals surface area contributed by atoms with Gasteiger partial charge in [-0.2, -0.15) is 0 Å². The fourth-order valence-electron chi connectivity index (χ4n) is 2.40. The summed E-state index contributed by atoms with van der Waals surface area (Å²) in [6, 6.07) is -0.515. The summed E-state index contributed by atoms with van der Waals surface area (Å²) in [5.41, 5.74) is -0.267. The van der Waals surface area contributed by atoms with Crippen LogP contribution in [0.15, 0.2) is 12.7 Å². The van der Waals surface area contributed by atoms with Gasteiger partial charge in [0, 0.05) is 38.3 Å². The predicted molar refractivity (Wildman–Crippen MR) is 82.3 cm³/mol. The SMILES string of the molecule is C=CCN(C(=O)N1CCN(C(C)C(=O)O)CC1)C(C)(C)C. The van der Waals surface area contributed by atoms with Gasteiger partial charge in [0.15, 0.2) is 0 Å². The highest BCUT2D eigenvalue weighted by Gasteiger charge is 2.32. The Morgan fingerprint density at radius 3 is 2.19 bits per heavy atom. The number of aliphatic carboxylic acids is 1. The molecule has 120 valence electrons. The fraction of sp³-hybridized carbons (Fsp3) is 0.733. The molecule has 6 heteroatoms. The van der Waals surface area contributed by atoms with Gasteiger partial charge in [-0.05, 0) is 27.7 Å². The molecule has 0 aromatic carbocycles. The molecule has 1 heterocycles. The second-order valence-corrected chi connectivity index (χ2v) is 6.39. The molecule has 0 aliphatic carbocycles. The van der Waals surface area contributed by atoms with Gasteiger partial charge >= 0.3 is 12.0 Å². The number of rotatable bonds is 4. The van der Waals surface area contributed by atoms with Crippen LogP contribution in [-0.2, 0) is 4.79 Å². The minimum Gasteiger partial charge on any atom is -0.480 e. The predicted octanol–water partition coefficient (Wildman–Crippen LogP) is 1.48. The molecule has 1 aliphatic heterocycles. The second-order valence-electron chi connectivity index (χ2n) is 6.39. The lowest BCUT2D eigenvalue weighted by molar-refractivity contribution is -0.143. The van der Waals surface area contributed by atoms with Crippen molar-refractivity contribution in [3.63, 3.8) is 0 Å². The van der Waals surface area contributed by atoms with Gasteiger partial charge in [-0.1, -0.05) is 6.08 Å². The molecule has 0 spiro atoms. The molecule has 0 bridgehead atoms. The zero-order valence-corrected chi connectivity index (χ0v) is 13.5. The monoisotopic (exact) mass is 297 g/mol. The van der Waals surface area contributed by atoms with E-state index in [1.807, 2.05) is 25.7 Å². The number of urea groups is 1. The summed E-state index contributed by atoms with van der Waals surface area (Å²) < 4.78 is 0. The van der Waals surface area contributed by atoms with Crippen molar-refractivity contribution in [1.82, 2.24) is 14.7 Å². The molecular formula is C15H27N3O3. The van der Waals surface area contributed by atoms with Crippen LogP contribution >= 0.6 is 0 Å². The van der Waals surface area contributed by atoms with Gasteiger partial charge in [0.1, 0.15) is 6.04 Å². The van der Waals surface area contributed by atoms with Crippen LogP contribution in [0.2, 0.25) is 0 Å². The van der Waals surface area contributed by atoms with Crippen molar-refractivity contribution in [2.24, 2.45) is 0 Å². The highest BCUT2D eigenvalue weighted by atomic mass is 16.4. The molecule has 1 N–H and O–H groups in total. The Morgan fingerprint density at radius 1 is 1.29 bits per heavy atom. The summed E-state index contributed by atoms with van der Waals surface area (Å²) >= 11 is 0. The van der Waals surface area contributed by atoms with E-state index in [2.05, 4.69) is 6.58 Å². The Balaban J connectivity index is 2.66. The molecular weight excluding hydrogens is 270 g/mol. The number of nitrogens with zero attached hydrogens (tertiary/aromatic N) is 3. The van der Waals surface area contributed by atoms with Crippen LogP contribution in [0.25, 0.3) is 0 Å². The molecule has 1 fully saturated rings. The lowest BCUT2D eigenvalue weighted by Crippen LogP contribution is -2.58. The van der Waals surface area contributed by atoms with Gasteiger partial charge in [0.25, 0.3) is 0 Å². The number of carbonyl (C=O) groups is 2. The first-order valence-electron chi connectivity index (χ1n) is 7.32. The van der Waals surface area contributed by atoms with Crippen molar-refractivity contribution in [2.45, 2.75) is 39.3 Å². The van der Waals surface area contributed by atoms with Crippen LogP contribution in [0.1, 0.15) is 27.7 Å². The molecule has 0 aromatic heterocycles. The normalized spacial score (nSPS) is 18.2. The molecule has 1 saturated heterocycles. The van der Waals surface area contributed by atoms with Gasteiger partial charge in [-0.15, -0.1) is 6.58 Å². The number of carbonyl (C=O) groups excluding carboxylic acids is 1. The van der Waals surface area contributed by atoms with E-state index in [9.17, 15) is 9.59 Å². The van der Waals surface area contributed by atoms with E-state index >= 15 is 0 Å². The van der Waals surface area contributed by atoms with Crippen LogP contribution in [-0.4, -0.2) is 76.1 Å². The number of piperazine rings is 1. The summed E-state index contributed by atoms with van der Waals surface area (Å²) in [6.07, 6.45) is 1.73. The molecule has 0 aromatic rings. The fourth-order valence-corrected chi connectivity index (χ4v) is 2.40. The van der Waals surface area contributed by atoms with Crippen molar-refractivity contribution in [1.29, 1.82) is 0 Å². The standard InChI is InChI=1S/C15H27N3O3/c1-6-7-18(15(3,4)5)14(21)17-10-8-16(9-11-17)12(2)13(19)20/h6,12H,1,7-11H2,2-5H3,(H,19,20). The molecule has 0 radical (unpaired) electrons. The van der Waals surface area contributed by atoms with Gasteiger partial charge in [-0.3, -0.25) is 9.69 Å². The van der Waals surface area contributed by atoms with E-state index in [4.69, 9.17) is 5.11 Å². The Kier molecular flexibility index (Phi) is 5.78. The smallest absolute Gasteiger partial charge is 0.320 e. The van der Waals surface area contributed by atoms with Crippen molar-refractivity contribution in [2.75, 3.05) is 32.7 Å². The summed E-state index contributed by atoms with van der Waals surface area (Å²) in [7, 11) is 0. The lowest BCUT2D eigenvalue weighted by Gasteiger charge is -2.42. The summed E-state index contributed by atoms with van der Waals surface area (Å²) in [5.74, 6) is -0.822. The van der Waals surface area contributed by atoms with Crippen molar-refractivity contribution >= 4 is 12.0 Å². The first kappa shape index (κ1) is 17.5.